The maximum atomic E-state index is 12.2. The number of amides is 1. The van der Waals surface area contributed by atoms with Gasteiger partial charge >= 0.3 is 0 Å². The van der Waals surface area contributed by atoms with Crippen molar-refractivity contribution in [3.63, 3.8) is 0 Å². The van der Waals surface area contributed by atoms with Crippen LogP contribution < -0.4 is 15.5 Å². The molecule has 0 heterocycles. The smallest absolute Gasteiger partial charge is 0.237 e. The molecule has 0 aromatic heterocycles. The van der Waals surface area contributed by atoms with E-state index in [1.807, 2.05) is 30.3 Å². The van der Waals surface area contributed by atoms with Gasteiger partial charge in [-0.1, -0.05) is 30.3 Å². The average Bonchev–Trinajstić information content (AvgIpc) is 2.60. The van der Waals surface area contributed by atoms with Crippen molar-refractivity contribution < 1.29 is 24.6 Å². The first-order valence-corrected chi connectivity index (χ1v) is 8.46. The van der Waals surface area contributed by atoms with Crippen LogP contribution >= 0.6 is 11.8 Å². The normalized spacial score (nSPS) is 11.6. The van der Waals surface area contributed by atoms with Crippen molar-refractivity contribution in [2.75, 3.05) is 5.32 Å². The Morgan fingerprint density at radius 2 is 1.56 bits per heavy atom. The van der Waals surface area contributed by atoms with E-state index in [2.05, 4.69) is 5.32 Å². The summed E-state index contributed by atoms with van der Waals surface area (Å²) >= 11 is 1.41. The molecular formula is C18H15NO5S-2. The number of thioether (sulfide) groups is 1. The number of nitrogens with one attached hydrogen (secondary N) is 1. The first kappa shape index (κ1) is 18.5. The third-order valence-electron chi connectivity index (χ3n) is 3.38. The monoisotopic (exact) mass is 357 g/mol. The van der Waals surface area contributed by atoms with Gasteiger partial charge in [-0.3, -0.25) is 4.79 Å². The van der Waals surface area contributed by atoms with Crippen LogP contribution in [0.4, 0.5) is 5.69 Å². The van der Waals surface area contributed by atoms with Crippen LogP contribution in [0.25, 0.3) is 0 Å². The SMILES string of the molecule is C[C@@H](SCc1ccccc1)C(=O)Nc1cc(C(=O)[O-])cc(C(=O)[O-])c1. The highest BCUT2D eigenvalue weighted by molar-refractivity contribution is 7.99. The van der Waals surface area contributed by atoms with Crippen molar-refractivity contribution in [1.29, 1.82) is 0 Å². The molecule has 6 nitrogen and oxygen atoms in total. The summed E-state index contributed by atoms with van der Waals surface area (Å²) < 4.78 is 0. The summed E-state index contributed by atoms with van der Waals surface area (Å²) in [6.07, 6.45) is 0. The van der Waals surface area contributed by atoms with Crippen molar-refractivity contribution in [3.05, 3.63) is 65.2 Å². The Bertz CT molecular complexity index is 759. The molecule has 0 fully saturated rings. The molecule has 2 rings (SSSR count). The Balaban J connectivity index is 2.06. The Kier molecular flexibility index (Phi) is 6.19. The van der Waals surface area contributed by atoms with Crippen LogP contribution in [0.5, 0.6) is 0 Å². The Labute approximate surface area is 148 Å². The maximum Gasteiger partial charge on any atom is 0.237 e. The first-order chi connectivity index (χ1) is 11.9. The average molecular weight is 357 g/mol. The molecule has 2 aromatic carbocycles. The lowest BCUT2D eigenvalue weighted by molar-refractivity contribution is -0.255. The summed E-state index contributed by atoms with van der Waals surface area (Å²) in [5.74, 6) is -2.80. The predicted molar refractivity (Wildman–Crippen MR) is 90.9 cm³/mol. The summed E-state index contributed by atoms with van der Waals surface area (Å²) in [4.78, 5) is 34.2. The third kappa shape index (κ3) is 5.36. The highest BCUT2D eigenvalue weighted by Crippen LogP contribution is 2.20. The second-order valence-electron chi connectivity index (χ2n) is 5.30. The minimum atomic E-state index is -1.54. The summed E-state index contributed by atoms with van der Waals surface area (Å²) in [6.45, 7) is 1.71. The molecule has 2 aromatic rings. The maximum absolute atomic E-state index is 12.2. The molecule has 0 radical (unpaired) electrons. The zero-order chi connectivity index (χ0) is 18.4. The molecule has 0 bridgehead atoms. The molecule has 0 aliphatic heterocycles. The molecule has 7 heteroatoms. The van der Waals surface area contributed by atoms with E-state index in [1.165, 1.54) is 11.8 Å². The van der Waals surface area contributed by atoms with E-state index in [-0.39, 0.29) is 22.7 Å². The van der Waals surface area contributed by atoms with Gasteiger partial charge in [0, 0.05) is 11.4 Å². The fourth-order valence-electron chi connectivity index (χ4n) is 2.05. The molecule has 0 aliphatic rings. The van der Waals surface area contributed by atoms with E-state index < -0.39 is 17.2 Å². The molecule has 0 unspecified atom stereocenters. The quantitative estimate of drug-likeness (QED) is 0.780. The number of aromatic carboxylic acids is 2. The van der Waals surface area contributed by atoms with Gasteiger partial charge < -0.3 is 25.1 Å². The summed E-state index contributed by atoms with van der Waals surface area (Å²) in [6, 6.07) is 12.8. The van der Waals surface area contributed by atoms with Gasteiger partial charge in [0.25, 0.3) is 0 Å². The van der Waals surface area contributed by atoms with Gasteiger partial charge in [0.15, 0.2) is 0 Å². The number of carbonyl (C=O) groups is 3. The lowest BCUT2D eigenvalue weighted by Gasteiger charge is -2.15. The Morgan fingerprint density at radius 1 is 1.00 bits per heavy atom. The number of benzene rings is 2. The Hall–Kier alpha value is -2.80. The fourth-order valence-corrected chi connectivity index (χ4v) is 2.90. The van der Waals surface area contributed by atoms with Gasteiger partial charge in [0.2, 0.25) is 5.91 Å². The van der Waals surface area contributed by atoms with Crippen LogP contribution in [-0.2, 0) is 10.5 Å². The lowest BCUT2D eigenvalue weighted by Crippen LogP contribution is -2.27. The van der Waals surface area contributed by atoms with Crippen LogP contribution in [0.2, 0.25) is 0 Å². The number of carbonyl (C=O) groups excluding carboxylic acids is 3. The minimum absolute atomic E-state index is 0.0676. The van der Waals surface area contributed by atoms with E-state index in [9.17, 15) is 24.6 Å². The summed E-state index contributed by atoms with van der Waals surface area (Å²) in [5.41, 5.74) is 0.451. The van der Waals surface area contributed by atoms with Gasteiger partial charge in [-0.05, 0) is 41.8 Å². The number of rotatable bonds is 7. The molecule has 130 valence electrons. The van der Waals surface area contributed by atoms with Crippen molar-refractivity contribution >= 4 is 35.3 Å². The fraction of sp³-hybridized carbons (Fsp3) is 0.167. The second kappa shape index (κ2) is 8.34. The standard InChI is InChI=1S/C18H17NO5S/c1-11(25-10-12-5-3-2-4-6-12)16(20)19-15-8-13(17(21)22)7-14(9-15)18(23)24/h2-9,11H,10H2,1H3,(H,19,20)(H,21,22)(H,23,24)/p-2/t11-/m1/s1. The molecule has 1 atom stereocenters. The number of carboxylic acids is 2. The van der Waals surface area contributed by atoms with Gasteiger partial charge in [-0.15, -0.1) is 11.8 Å². The van der Waals surface area contributed by atoms with Crippen molar-refractivity contribution in [2.45, 2.75) is 17.9 Å². The van der Waals surface area contributed by atoms with Crippen LogP contribution in [0.15, 0.2) is 48.5 Å². The first-order valence-electron chi connectivity index (χ1n) is 7.41. The van der Waals surface area contributed by atoms with Crippen LogP contribution in [0.3, 0.4) is 0 Å². The van der Waals surface area contributed by atoms with Crippen molar-refractivity contribution in [1.82, 2.24) is 0 Å². The van der Waals surface area contributed by atoms with E-state index in [0.29, 0.717) is 5.75 Å². The number of hydrogen-bond acceptors (Lipinski definition) is 6. The second-order valence-corrected chi connectivity index (χ2v) is 6.63. The Morgan fingerprint density at radius 3 is 2.08 bits per heavy atom. The highest BCUT2D eigenvalue weighted by Gasteiger charge is 2.14. The van der Waals surface area contributed by atoms with Crippen molar-refractivity contribution in [2.24, 2.45) is 0 Å². The molecule has 1 N–H and O–H groups in total. The van der Waals surface area contributed by atoms with Gasteiger partial charge in [-0.2, -0.15) is 0 Å². The molecule has 1 amide bonds. The van der Waals surface area contributed by atoms with Crippen LogP contribution in [0.1, 0.15) is 33.2 Å². The van der Waals surface area contributed by atoms with Crippen LogP contribution in [-0.4, -0.2) is 23.1 Å². The molecular weight excluding hydrogens is 342 g/mol. The van der Waals surface area contributed by atoms with E-state index in [4.69, 9.17) is 0 Å². The van der Waals surface area contributed by atoms with Gasteiger partial charge in [-0.25, -0.2) is 0 Å². The number of anilines is 1. The summed E-state index contributed by atoms with van der Waals surface area (Å²) in [5, 5.41) is 24.0. The topological polar surface area (TPSA) is 109 Å². The van der Waals surface area contributed by atoms with Crippen LogP contribution in [0, 0.1) is 0 Å². The summed E-state index contributed by atoms with van der Waals surface area (Å²) in [7, 11) is 0. The number of carboxylic acid groups (broad SMARTS) is 2. The molecule has 0 saturated carbocycles. The van der Waals surface area contributed by atoms with Gasteiger partial charge in [0.05, 0.1) is 17.2 Å². The van der Waals surface area contributed by atoms with Crippen molar-refractivity contribution in [3.8, 4) is 0 Å². The van der Waals surface area contributed by atoms with Gasteiger partial charge in [0.1, 0.15) is 0 Å². The largest absolute Gasteiger partial charge is 0.545 e. The highest BCUT2D eigenvalue weighted by atomic mass is 32.2. The lowest BCUT2D eigenvalue weighted by atomic mass is 10.1. The predicted octanol–water partition coefficient (Wildman–Crippen LogP) is 0.674. The molecule has 0 spiro atoms. The third-order valence-corrected chi connectivity index (χ3v) is 4.60. The number of hydrogen-bond donors (Lipinski definition) is 1. The zero-order valence-electron chi connectivity index (χ0n) is 13.4. The minimum Gasteiger partial charge on any atom is -0.545 e. The van der Waals surface area contributed by atoms with E-state index >= 15 is 0 Å². The molecule has 0 saturated heterocycles. The van der Waals surface area contributed by atoms with E-state index in [1.54, 1.807) is 6.92 Å². The molecule has 25 heavy (non-hydrogen) atoms. The molecule has 0 aliphatic carbocycles. The van der Waals surface area contributed by atoms with E-state index in [0.717, 1.165) is 23.8 Å². The zero-order valence-corrected chi connectivity index (χ0v) is 14.2.